The monoisotopic (exact) mass is 1020 g/mol. The van der Waals surface area contributed by atoms with Crippen LogP contribution in [-0.4, -0.2) is 69.4 Å². The number of likely N-dealkylation sites (N-methyl/N-ethyl adjacent to an activating group) is 1. The van der Waals surface area contributed by atoms with E-state index in [0.717, 1.165) is 64.2 Å². The molecule has 0 fully saturated rings. The highest BCUT2D eigenvalue weighted by molar-refractivity contribution is 7.45. The molecule has 3 unspecified atom stereocenters. The summed E-state index contributed by atoms with van der Waals surface area (Å²) in [6.07, 6.45) is 59.9. The molecule has 420 valence electrons. The number of rotatable bonds is 56. The zero-order valence-corrected chi connectivity index (χ0v) is 48.8. The molecule has 71 heavy (non-hydrogen) atoms. The van der Waals surface area contributed by atoms with Gasteiger partial charge in [-0.25, -0.2) is 0 Å². The van der Waals surface area contributed by atoms with Crippen molar-refractivity contribution in [1.82, 2.24) is 5.32 Å². The third-order valence-corrected chi connectivity index (χ3v) is 14.8. The van der Waals surface area contributed by atoms with Crippen LogP contribution < -0.4 is 10.2 Å². The topological polar surface area (TPSA) is 114 Å². The first kappa shape index (κ1) is 69.5. The highest BCUT2D eigenvalue weighted by Gasteiger charge is 2.27. The van der Waals surface area contributed by atoms with E-state index in [2.05, 4.69) is 38.2 Å². The van der Waals surface area contributed by atoms with Crippen molar-refractivity contribution in [2.45, 2.75) is 315 Å². The molecule has 0 aromatic rings. The normalized spacial score (nSPS) is 13.8. The van der Waals surface area contributed by atoms with Crippen molar-refractivity contribution in [2.24, 2.45) is 0 Å². The number of hydrogen-bond acceptors (Lipinski definition) is 7. The molecule has 0 bridgehead atoms. The Morgan fingerprint density at radius 3 is 1.20 bits per heavy atom. The molecule has 0 aliphatic rings. The van der Waals surface area contributed by atoms with Gasteiger partial charge in [-0.05, 0) is 57.4 Å². The summed E-state index contributed by atoms with van der Waals surface area (Å²) in [6, 6.07) is -0.883. The van der Waals surface area contributed by atoms with Gasteiger partial charge in [-0.15, -0.1) is 0 Å². The number of nitrogens with zero attached hydrogens (tertiary/aromatic N) is 1. The SMILES string of the molecule is CCCCCCCC/C=C/CCCCCCCCCC(=O)OC(/C=C/CCCCCCCCCCCCC)C(COP(=O)([O-])OCC[N+](C)(C)C)NC(=O)CCCCCCCCCCCCCCCCC. The molecule has 3 atom stereocenters. The molecule has 0 rings (SSSR count). The number of allylic oxidation sites excluding steroid dienone is 3. The molecule has 0 aromatic heterocycles. The molecule has 0 spiro atoms. The largest absolute Gasteiger partial charge is 0.756 e. The number of quaternary nitrogens is 1. The second-order valence-electron chi connectivity index (χ2n) is 22.2. The Morgan fingerprint density at radius 2 is 0.817 bits per heavy atom. The van der Waals surface area contributed by atoms with Crippen LogP contribution in [0.15, 0.2) is 24.3 Å². The number of unbranched alkanes of at least 4 members (excludes halogenated alkanes) is 38. The van der Waals surface area contributed by atoms with Gasteiger partial charge in [-0.2, -0.15) is 0 Å². The van der Waals surface area contributed by atoms with Crippen molar-refractivity contribution in [3.8, 4) is 0 Å². The van der Waals surface area contributed by atoms with Gasteiger partial charge in [-0.1, -0.05) is 257 Å². The lowest BCUT2D eigenvalue weighted by Gasteiger charge is -2.30. The molecule has 10 heteroatoms. The number of amides is 1. The average Bonchev–Trinajstić information content (AvgIpc) is 3.33. The quantitative estimate of drug-likeness (QED) is 0.0212. The zero-order chi connectivity index (χ0) is 52.2. The van der Waals surface area contributed by atoms with Gasteiger partial charge >= 0.3 is 5.97 Å². The van der Waals surface area contributed by atoms with Crippen LogP contribution in [-0.2, 0) is 27.9 Å². The standard InChI is InChI=1S/C61H119N2O7P/c1-7-10-13-16-19-22-25-28-30-31-33-36-39-42-45-48-51-54-61(65)70-59(52-49-46-43-40-37-34-27-24-21-18-15-12-9-3)58(57-69-71(66,67)68-56-55-63(4,5)6)62-60(64)53-50-47-44-41-38-35-32-29-26-23-20-17-14-11-8-2/h28,30,49,52,58-59H,7-27,29,31-48,50-51,53-57H2,1-6H3,(H-,62,64,66,67)/b30-28+,52-49+. The van der Waals surface area contributed by atoms with Crippen molar-refractivity contribution in [2.75, 3.05) is 40.9 Å². The first-order valence-corrected chi connectivity index (χ1v) is 32.1. The van der Waals surface area contributed by atoms with E-state index < -0.39 is 20.0 Å². The summed E-state index contributed by atoms with van der Waals surface area (Å²) in [5.41, 5.74) is 0. The van der Waals surface area contributed by atoms with Gasteiger partial charge in [0.2, 0.25) is 5.91 Å². The van der Waals surface area contributed by atoms with Gasteiger partial charge in [0.15, 0.2) is 0 Å². The van der Waals surface area contributed by atoms with Crippen LogP contribution in [0.4, 0.5) is 0 Å². The van der Waals surface area contributed by atoms with E-state index in [0.29, 0.717) is 17.4 Å². The lowest BCUT2D eigenvalue weighted by molar-refractivity contribution is -0.870. The molecular formula is C61H119N2O7P. The third-order valence-electron chi connectivity index (χ3n) is 13.9. The van der Waals surface area contributed by atoms with Crippen LogP contribution in [0.2, 0.25) is 0 Å². The molecule has 0 saturated heterocycles. The van der Waals surface area contributed by atoms with Crippen LogP contribution >= 0.6 is 7.82 Å². The van der Waals surface area contributed by atoms with Crippen molar-refractivity contribution in [1.29, 1.82) is 0 Å². The van der Waals surface area contributed by atoms with E-state index in [1.54, 1.807) is 0 Å². The first-order valence-electron chi connectivity index (χ1n) is 30.6. The molecule has 0 aromatic carbocycles. The third kappa shape index (κ3) is 53.1. The van der Waals surface area contributed by atoms with Gasteiger partial charge in [0.1, 0.15) is 19.3 Å². The molecule has 9 nitrogen and oxygen atoms in total. The van der Waals surface area contributed by atoms with Crippen LogP contribution in [0, 0.1) is 0 Å². The Hall–Kier alpha value is -1.51. The number of hydrogen-bond donors (Lipinski definition) is 1. The summed E-state index contributed by atoms with van der Waals surface area (Å²) in [5.74, 6) is -0.530. The molecule has 0 aliphatic heterocycles. The van der Waals surface area contributed by atoms with Gasteiger partial charge in [0.05, 0.1) is 33.8 Å². The first-order chi connectivity index (χ1) is 34.4. The summed E-state index contributed by atoms with van der Waals surface area (Å²) in [5, 5.41) is 3.03. The summed E-state index contributed by atoms with van der Waals surface area (Å²) in [6.45, 7) is 6.87. The minimum absolute atomic E-state index is 0.0194. The zero-order valence-electron chi connectivity index (χ0n) is 48.0. The van der Waals surface area contributed by atoms with E-state index in [-0.39, 0.29) is 31.5 Å². The van der Waals surface area contributed by atoms with Crippen LogP contribution in [0.25, 0.3) is 0 Å². The van der Waals surface area contributed by atoms with Crippen molar-refractivity contribution >= 4 is 19.7 Å². The number of phosphoric ester groups is 1. The lowest BCUT2D eigenvalue weighted by Crippen LogP contribution is -2.47. The molecule has 0 radical (unpaired) electrons. The number of carbonyl (C=O) groups is 2. The van der Waals surface area contributed by atoms with Crippen molar-refractivity contribution in [3.63, 3.8) is 0 Å². The highest BCUT2D eigenvalue weighted by atomic mass is 31.2. The van der Waals surface area contributed by atoms with Crippen LogP contribution in [0.3, 0.4) is 0 Å². The van der Waals surface area contributed by atoms with Gasteiger partial charge in [-0.3, -0.25) is 14.2 Å². The predicted molar refractivity (Wildman–Crippen MR) is 303 cm³/mol. The number of ether oxygens (including phenoxy) is 1. The highest BCUT2D eigenvalue weighted by Crippen LogP contribution is 2.38. The molecular weight excluding hydrogens is 904 g/mol. The Labute approximate surface area is 441 Å². The Bertz CT molecular complexity index is 1270. The minimum Gasteiger partial charge on any atom is -0.756 e. The lowest BCUT2D eigenvalue weighted by atomic mass is 10.0. The van der Waals surface area contributed by atoms with Gasteiger partial charge in [0.25, 0.3) is 7.82 Å². The van der Waals surface area contributed by atoms with Crippen LogP contribution in [0.1, 0.15) is 303 Å². The molecule has 1 amide bonds. The summed E-state index contributed by atoms with van der Waals surface area (Å²) in [7, 11) is 1.20. The van der Waals surface area contributed by atoms with E-state index >= 15 is 0 Å². The molecule has 0 saturated carbocycles. The second kappa shape index (κ2) is 52.0. The van der Waals surface area contributed by atoms with E-state index in [1.807, 2.05) is 33.3 Å². The Morgan fingerprint density at radius 1 is 0.479 bits per heavy atom. The minimum atomic E-state index is -4.69. The fourth-order valence-electron chi connectivity index (χ4n) is 9.11. The fourth-order valence-corrected chi connectivity index (χ4v) is 9.83. The van der Waals surface area contributed by atoms with Crippen LogP contribution in [0.5, 0.6) is 0 Å². The predicted octanol–water partition coefficient (Wildman–Crippen LogP) is 17.9. The van der Waals surface area contributed by atoms with Gasteiger partial charge < -0.3 is 28.5 Å². The Kier molecular flexibility index (Phi) is 50.8. The van der Waals surface area contributed by atoms with Gasteiger partial charge in [0, 0.05) is 12.8 Å². The smallest absolute Gasteiger partial charge is 0.306 e. The average molecular weight is 1020 g/mol. The number of esters is 1. The van der Waals surface area contributed by atoms with E-state index in [9.17, 15) is 19.0 Å². The molecule has 0 aliphatic carbocycles. The number of phosphoric acid groups is 1. The maximum atomic E-state index is 13.5. The fraction of sp³-hybridized carbons (Fsp3) is 0.902. The second-order valence-corrected chi connectivity index (χ2v) is 23.6. The summed E-state index contributed by atoms with van der Waals surface area (Å²) in [4.78, 5) is 39.9. The van der Waals surface area contributed by atoms with Crippen molar-refractivity contribution < 1.29 is 37.3 Å². The molecule has 1 N–H and O–H groups in total. The van der Waals surface area contributed by atoms with E-state index in [4.69, 9.17) is 13.8 Å². The van der Waals surface area contributed by atoms with E-state index in [1.165, 1.54) is 205 Å². The Balaban J connectivity index is 5.29. The summed E-state index contributed by atoms with van der Waals surface area (Å²) < 4.78 is 30.3. The summed E-state index contributed by atoms with van der Waals surface area (Å²) >= 11 is 0. The van der Waals surface area contributed by atoms with Crippen molar-refractivity contribution in [3.05, 3.63) is 24.3 Å². The maximum absolute atomic E-state index is 13.5. The molecule has 0 heterocycles. The number of nitrogens with one attached hydrogen (secondary N) is 1. The maximum Gasteiger partial charge on any atom is 0.306 e. The number of carbonyl (C=O) groups excluding carboxylic acids is 2.